The van der Waals surface area contributed by atoms with Crippen LogP contribution in [0.1, 0.15) is 17.5 Å². The molecule has 1 N–H and O–H groups in total. The van der Waals surface area contributed by atoms with Crippen molar-refractivity contribution in [3.63, 3.8) is 0 Å². The Labute approximate surface area is 151 Å². The van der Waals surface area contributed by atoms with Crippen LogP contribution < -0.4 is 10.1 Å². The van der Waals surface area contributed by atoms with Crippen LogP contribution >= 0.6 is 0 Å². The van der Waals surface area contributed by atoms with Gasteiger partial charge in [-0.05, 0) is 23.8 Å². The molecule has 0 unspecified atom stereocenters. The number of carbonyl (C=O) groups excluding carboxylic acids is 2. The summed E-state index contributed by atoms with van der Waals surface area (Å²) in [7, 11) is 1.59. The van der Waals surface area contributed by atoms with E-state index in [0.29, 0.717) is 19.6 Å². The number of likely N-dealkylation sites (tertiary alicyclic amines) is 1. The largest absolute Gasteiger partial charge is 0.496 e. The van der Waals surface area contributed by atoms with E-state index in [2.05, 4.69) is 5.32 Å². The van der Waals surface area contributed by atoms with E-state index in [9.17, 15) is 14.0 Å². The zero-order chi connectivity index (χ0) is 18.5. The Balaban J connectivity index is 1.56. The topological polar surface area (TPSA) is 58.6 Å². The highest BCUT2D eigenvalue weighted by molar-refractivity contribution is 5.89. The summed E-state index contributed by atoms with van der Waals surface area (Å²) in [5.41, 5.74) is 1.73. The highest BCUT2D eigenvalue weighted by Gasteiger charge is 2.34. The van der Waals surface area contributed by atoms with E-state index in [1.54, 1.807) is 24.1 Å². The van der Waals surface area contributed by atoms with Gasteiger partial charge in [-0.3, -0.25) is 9.59 Å². The Hall–Kier alpha value is -2.89. The number of halogens is 1. The molecule has 0 spiro atoms. The van der Waals surface area contributed by atoms with Crippen molar-refractivity contribution in [1.82, 2.24) is 10.2 Å². The minimum Gasteiger partial charge on any atom is -0.496 e. The molecule has 1 atom stereocenters. The van der Waals surface area contributed by atoms with Crippen LogP contribution in [0.5, 0.6) is 5.75 Å². The summed E-state index contributed by atoms with van der Waals surface area (Å²) in [5, 5.41) is 2.82. The van der Waals surface area contributed by atoms with Gasteiger partial charge in [0.05, 0.1) is 13.0 Å². The van der Waals surface area contributed by atoms with Crippen molar-refractivity contribution in [3.8, 4) is 5.75 Å². The van der Waals surface area contributed by atoms with Crippen LogP contribution in [0.15, 0.2) is 48.5 Å². The van der Waals surface area contributed by atoms with Crippen LogP contribution in [0, 0.1) is 11.7 Å². The molecule has 5 nitrogen and oxygen atoms in total. The molecule has 1 aliphatic heterocycles. The van der Waals surface area contributed by atoms with Crippen molar-refractivity contribution < 1.29 is 18.7 Å². The molecular formula is C20H21FN2O3. The summed E-state index contributed by atoms with van der Waals surface area (Å²) in [6.07, 6.45) is 0.199. The van der Waals surface area contributed by atoms with Crippen LogP contribution in [-0.2, 0) is 22.7 Å². The number of nitrogens with one attached hydrogen (secondary N) is 1. The van der Waals surface area contributed by atoms with Gasteiger partial charge in [0.25, 0.3) is 0 Å². The van der Waals surface area contributed by atoms with Gasteiger partial charge in [0.2, 0.25) is 11.8 Å². The van der Waals surface area contributed by atoms with E-state index < -0.39 is 0 Å². The first-order chi connectivity index (χ1) is 12.6. The number of benzene rings is 2. The molecule has 2 aromatic carbocycles. The third kappa shape index (κ3) is 4.20. The number of nitrogens with zero attached hydrogens (tertiary/aromatic N) is 1. The van der Waals surface area contributed by atoms with Gasteiger partial charge in [-0.2, -0.15) is 0 Å². The fourth-order valence-electron chi connectivity index (χ4n) is 3.08. The third-order valence-electron chi connectivity index (χ3n) is 4.52. The van der Waals surface area contributed by atoms with E-state index in [4.69, 9.17) is 4.74 Å². The molecule has 1 fully saturated rings. The van der Waals surface area contributed by atoms with E-state index in [0.717, 1.165) is 16.9 Å². The van der Waals surface area contributed by atoms with E-state index >= 15 is 0 Å². The standard InChI is InChI=1S/C20H21FN2O3/c1-26-18-5-3-2-4-15(18)12-23-13-16(10-19(23)24)20(25)22-11-14-6-8-17(21)9-7-14/h2-9,16H,10-13H2,1H3,(H,22,25)/t16-/m0/s1. The molecule has 2 amide bonds. The van der Waals surface area contributed by atoms with Crippen molar-refractivity contribution in [2.75, 3.05) is 13.7 Å². The average Bonchev–Trinajstić information content (AvgIpc) is 3.02. The smallest absolute Gasteiger partial charge is 0.225 e. The van der Waals surface area contributed by atoms with Crippen LogP contribution in [0.25, 0.3) is 0 Å². The van der Waals surface area contributed by atoms with Crippen molar-refractivity contribution in [1.29, 1.82) is 0 Å². The lowest BCUT2D eigenvalue weighted by molar-refractivity contribution is -0.129. The average molecular weight is 356 g/mol. The van der Waals surface area contributed by atoms with Crippen molar-refractivity contribution in [2.24, 2.45) is 5.92 Å². The van der Waals surface area contributed by atoms with E-state index in [1.807, 2.05) is 24.3 Å². The molecule has 0 aliphatic carbocycles. The number of carbonyl (C=O) groups is 2. The number of rotatable bonds is 6. The number of amides is 2. The van der Waals surface area contributed by atoms with Gasteiger partial charge in [0.15, 0.2) is 0 Å². The summed E-state index contributed by atoms with van der Waals surface area (Å²) in [6.45, 7) is 1.12. The highest BCUT2D eigenvalue weighted by atomic mass is 19.1. The minimum atomic E-state index is -0.377. The Morgan fingerprint density at radius 3 is 2.69 bits per heavy atom. The molecule has 0 aromatic heterocycles. The van der Waals surface area contributed by atoms with E-state index in [1.165, 1.54) is 12.1 Å². The molecule has 26 heavy (non-hydrogen) atoms. The first-order valence-electron chi connectivity index (χ1n) is 8.48. The van der Waals surface area contributed by atoms with Crippen LogP contribution in [0.3, 0.4) is 0 Å². The molecule has 3 rings (SSSR count). The lowest BCUT2D eigenvalue weighted by atomic mass is 10.1. The molecule has 1 saturated heterocycles. The van der Waals surface area contributed by atoms with Crippen molar-refractivity contribution >= 4 is 11.8 Å². The Bertz CT molecular complexity index is 792. The number of methoxy groups -OCH3 is 1. The molecule has 0 saturated carbocycles. The summed E-state index contributed by atoms with van der Waals surface area (Å²) in [4.78, 5) is 26.3. The van der Waals surface area contributed by atoms with Gasteiger partial charge in [0, 0.05) is 31.6 Å². The van der Waals surface area contributed by atoms with Crippen LogP contribution in [0.4, 0.5) is 4.39 Å². The number of para-hydroxylation sites is 1. The molecule has 6 heteroatoms. The molecule has 1 heterocycles. The fraction of sp³-hybridized carbons (Fsp3) is 0.300. The van der Waals surface area contributed by atoms with Gasteiger partial charge in [-0.15, -0.1) is 0 Å². The van der Waals surface area contributed by atoms with Gasteiger partial charge in [0.1, 0.15) is 11.6 Å². The summed E-state index contributed by atoms with van der Waals surface area (Å²) in [5.74, 6) is -0.168. The maximum Gasteiger partial charge on any atom is 0.225 e. The number of hydrogen-bond acceptors (Lipinski definition) is 3. The number of hydrogen-bond donors (Lipinski definition) is 1. The molecule has 1 aliphatic rings. The monoisotopic (exact) mass is 356 g/mol. The Kier molecular flexibility index (Phi) is 5.51. The first kappa shape index (κ1) is 17.9. The zero-order valence-corrected chi connectivity index (χ0v) is 14.6. The molecular weight excluding hydrogens is 335 g/mol. The molecule has 0 bridgehead atoms. The van der Waals surface area contributed by atoms with Crippen LogP contribution in [-0.4, -0.2) is 30.4 Å². The molecule has 2 aromatic rings. The van der Waals surface area contributed by atoms with Gasteiger partial charge < -0.3 is 15.0 Å². The van der Waals surface area contributed by atoms with Gasteiger partial charge >= 0.3 is 0 Å². The summed E-state index contributed by atoms with van der Waals surface area (Å²) < 4.78 is 18.2. The Morgan fingerprint density at radius 1 is 1.23 bits per heavy atom. The Morgan fingerprint density at radius 2 is 1.96 bits per heavy atom. The third-order valence-corrected chi connectivity index (χ3v) is 4.52. The van der Waals surface area contributed by atoms with Crippen LogP contribution in [0.2, 0.25) is 0 Å². The second kappa shape index (κ2) is 7.99. The lowest BCUT2D eigenvalue weighted by Gasteiger charge is -2.18. The predicted octanol–water partition coefficient (Wildman–Crippen LogP) is 2.50. The van der Waals surface area contributed by atoms with Gasteiger partial charge in [-0.1, -0.05) is 30.3 Å². The fourth-order valence-corrected chi connectivity index (χ4v) is 3.08. The minimum absolute atomic E-state index is 0.0437. The van der Waals surface area contributed by atoms with Gasteiger partial charge in [-0.25, -0.2) is 4.39 Å². The predicted molar refractivity (Wildman–Crippen MR) is 94.8 cm³/mol. The summed E-state index contributed by atoms with van der Waals surface area (Å²) in [6, 6.07) is 13.5. The van der Waals surface area contributed by atoms with Crippen molar-refractivity contribution in [3.05, 3.63) is 65.5 Å². The first-order valence-corrected chi connectivity index (χ1v) is 8.48. The maximum atomic E-state index is 12.9. The van der Waals surface area contributed by atoms with Crippen molar-refractivity contribution in [2.45, 2.75) is 19.5 Å². The SMILES string of the molecule is COc1ccccc1CN1C[C@@H](C(=O)NCc2ccc(F)cc2)CC1=O. The molecule has 136 valence electrons. The molecule has 0 radical (unpaired) electrons. The number of ether oxygens (including phenoxy) is 1. The normalized spacial score (nSPS) is 16.6. The lowest BCUT2D eigenvalue weighted by Crippen LogP contribution is -2.32. The maximum absolute atomic E-state index is 12.9. The second-order valence-corrected chi connectivity index (χ2v) is 6.33. The quantitative estimate of drug-likeness (QED) is 0.865. The second-order valence-electron chi connectivity index (χ2n) is 6.33. The highest BCUT2D eigenvalue weighted by Crippen LogP contribution is 2.24. The van der Waals surface area contributed by atoms with E-state index in [-0.39, 0.29) is 30.0 Å². The zero-order valence-electron chi connectivity index (χ0n) is 14.6. The summed E-state index contributed by atoms with van der Waals surface area (Å²) >= 11 is 0.